The Bertz CT molecular complexity index is 676. The van der Waals surface area contributed by atoms with E-state index in [0.29, 0.717) is 17.1 Å². The molecule has 7 heteroatoms. The predicted molar refractivity (Wildman–Crippen MR) is 95.2 cm³/mol. The summed E-state index contributed by atoms with van der Waals surface area (Å²) in [4.78, 5) is 33.4. The van der Waals surface area contributed by atoms with Crippen molar-refractivity contribution in [2.75, 3.05) is 12.3 Å². The Morgan fingerprint density at radius 3 is 2.83 bits per heavy atom. The summed E-state index contributed by atoms with van der Waals surface area (Å²) in [7, 11) is 0. The molecule has 0 aromatic carbocycles. The average Bonchev–Trinajstić information content (AvgIpc) is 2.60. The Morgan fingerprint density at radius 1 is 1.21 bits per heavy atom. The normalized spacial score (nSPS) is 10.5. The molecule has 2 aromatic rings. The highest BCUT2D eigenvalue weighted by molar-refractivity contribution is 7.99. The van der Waals surface area contributed by atoms with Crippen LogP contribution >= 0.6 is 11.8 Å². The number of nitrogens with one attached hydrogen (secondary N) is 2. The smallest absolute Gasteiger partial charge is 0.255 e. The van der Waals surface area contributed by atoms with Gasteiger partial charge in [0.1, 0.15) is 0 Å². The summed E-state index contributed by atoms with van der Waals surface area (Å²) in [6.07, 6.45) is 10.7. The number of carbonyl (C=O) groups excluding carboxylic acids is 1. The largest absolute Gasteiger partial charge is 0.359 e. The molecule has 6 nitrogen and oxygen atoms in total. The molecule has 1 amide bonds. The fourth-order valence-corrected chi connectivity index (χ4v) is 3.07. The van der Waals surface area contributed by atoms with Crippen molar-refractivity contribution in [2.24, 2.45) is 0 Å². The molecule has 0 fully saturated rings. The van der Waals surface area contributed by atoms with E-state index in [4.69, 9.17) is 0 Å². The fraction of sp³-hybridized carbons (Fsp3) is 0.412. The van der Waals surface area contributed by atoms with Crippen LogP contribution in [0.25, 0.3) is 0 Å². The number of pyridine rings is 1. The SMILES string of the molecule is O=CNCCCCCCSc1ncc(Cc2cccnc2)c(=O)[nH]1. The van der Waals surface area contributed by atoms with Gasteiger partial charge in [0.15, 0.2) is 5.16 Å². The maximum atomic E-state index is 12.1. The van der Waals surface area contributed by atoms with Crippen LogP contribution in [0.3, 0.4) is 0 Å². The van der Waals surface area contributed by atoms with Crippen LogP contribution in [0, 0.1) is 0 Å². The zero-order chi connectivity index (χ0) is 17.0. The highest BCUT2D eigenvalue weighted by atomic mass is 32.2. The second-order valence-electron chi connectivity index (χ2n) is 5.42. The average molecular weight is 346 g/mol. The number of hydrogen-bond donors (Lipinski definition) is 2. The number of nitrogens with zero attached hydrogens (tertiary/aromatic N) is 2. The second kappa shape index (κ2) is 10.6. The van der Waals surface area contributed by atoms with Gasteiger partial charge in [0.25, 0.3) is 5.56 Å². The van der Waals surface area contributed by atoms with Crippen LogP contribution in [0.4, 0.5) is 0 Å². The maximum Gasteiger partial charge on any atom is 0.255 e. The lowest BCUT2D eigenvalue weighted by molar-refractivity contribution is -0.109. The van der Waals surface area contributed by atoms with E-state index in [-0.39, 0.29) is 5.56 Å². The number of H-pyrrole nitrogens is 1. The number of aromatic amines is 1. The lowest BCUT2D eigenvalue weighted by Gasteiger charge is -2.04. The summed E-state index contributed by atoms with van der Waals surface area (Å²) in [6.45, 7) is 0.740. The molecule has 2 rings (SSSR count). The van der Waals surface area contributed by atoms with Crippen molar-refractivity contribution in [3.63, 3.8) is 0 Å². The molecule has 0 spiro atoms. The van der Waals surface area contributed by atoms with Crippen molar-refractivity contribution in [2.45, 2.75) is 37.3 Å². The maximum absolute atomic E-state index is 12.1. The first kappa shape index (κ1) is 18.2. The van der Waals surface area contributed by atoms with Gasteiger partial charge in [0.2, 0.25) is 6.41 Å². The molecule has 0 aliphatic rings. The van der Waals surface area contributed by atoms with Crippen LogP contribution < -0.4 is 10.9 Å². The minimum absolute atomic E-state index is 0.0868. The second-order valence-corrected chi connectivity index (χ2v) is 6.50. The summed E-state index contributed by atoms with van der Waals surface area (Å²) < 4.78 is 0. The van der Waals surface area contributed by atoms with Gasteiger partial charge in [-0.2, -0.15) is 0 Å². The first-order chi connectivity index (χ1) is 11.8. The Kier molecular flexibility index (Phi) is 8.03. The number of rotatable bonds is 11. The Balaban J connectivity index is 1.72. The summed E-state index contributed by atoms with van der Waals surface area (Å²) in [5.41, 5.74) is 1.56. The number of carbonyl (C=O) groups is 1. The number of unbranched alkanes of at least 4 members (excludes halogenated alkanes) is 3. The zero-order valence-electron chi connectivity index (χ0n) is 13.5. The van der Waals surface area contributed by atoms with Crippen LogP contribution in [-0.4, -0.2) is 33.7 Å². The summed E-state index contributed by atoms with van der Waals surface area (Å²) in [6, 6.07) is 3.80. The van der Waals surface area contributed by atoms with E-state index < -0.39 is 0 Å². The number of thioether (sulfide) groups is 1. The molecular weight excluding hydrogens is 324 g/mol. The number of amides is 1. The van der Waals surface area contributed by atoms with E-state index in [1.54, 1.807) is 30.4 Å². The molecule has 2 N–H and O–H groups in total. The Morgan fingerprint density at radius 2 is 2.08 bits per heavy atom. The summed E-state index contributed by atoms with van der Waals surface area (Å²) in [5, 5.41) is 3.32. The van der Waals surface area contributed by atoms with E-state index in [0.717, 1.165) is 50.0 Å². The van der Waals surface area contributed by atoms with Crippen molar-refractivity contribution in [3.05, 3.63) is 52.2 Å². The molecule has 2 heterocycles. The van der Waals surface area contributed by atoms with E-state index in [9.17, 15) is 9.59 Å². The molecule has 0 atom stereocenters. The topological polar surface area (TPSA) is 87.7 Å². The van der Waals surface area contributed by atoms with Gasteiger partial charge in [-0.15, -0.1) is 0 Å². The van der Waals surface area contributed by atoms with Gasteiger partial charge in [-0.25, -0.2) is 4.98 Å². The third kappa shape index (κ3) is 6.54. The van der Waals surface area contributed by atoms with Gasteiger partial charge < -0.3 is 10.3 Å². The third-order valence-corrected chi connectivity index (χ3v) is 4.48. The zero-order valence-corrected chi connectivity index (χ0v) is 14.3. The van der Waals surface area contributed by atoms with Gasteiger partial charge in [0, 0.05) is 42.9 Å². The lowest BCUT2D eigenvalue weighted by atomic mass is 10.1. The van der Waals surface area contributed by atoms with Gasteiger partial charge in [-0.3, -0.25) is 14.6 Å². The standard InChI is InChI=1S/C17H22N4O2S/c22-13-19-7-3-1-2-4-9-24-17-20-12-15(16(23)21-17)10-14-6-5-8-18-11-14/h5-6,8,11-13H,1-4,7,9-10H2,(H,19,22)(H,20,21,23). The molecule has 128 valence electrons. The third-order valence-electron chi connectivity index (χ3n) is 3.50. The van der Waals surface area contributed by atoms with Crippen molar-refractivity contribution >= 4 is 18.2 Å². The van der Waals surface area contributed by atoms with Crippen molar-refractivity contribution in [3.8, 4) is 0 Å². The number of hydrogen-bond acceptors (Lipinski definition) is 5. The monoisotopic (exact) mass is 346 g/mol. The number of aromatic nitrogens is 3. The van der Waals surface area contributed by atoms with Gasteiger partial charge >= 0.3 is 0 Å². The van der Waals surface area contributed by atoms with Crippen molar-refractivity contribution in [1.82, 2.24) is 20.3 Å². The molecule has 24 heavy (non-hydrogen) atoms. The van der Waals surface area contributed by atoms with Crippen LogP contribution in [0.15, 0.2) is 40.7 Å². The predicted octanol–water partition coefficient (Wildman–Crippen LogP) is 2.15. The van der Waals surface area contributed by atoms with Crippen molar-refractivity contribution < 1.29 is 4.79 Å². The van der Waals surface area contributed by atoms with E-state index >= 15 is 0 Å². The lowest BCUT2D eigenvalue weighted by Crippen LogP contribution is -2.14. The Hall–Kier alpha value is -2.15. The molecule has 2 aromatic heterocycles. The van der Waals surface area contributed by atoms with Gasteiger partial charge in [0.05, 0.1) is 0 Å². The van der Waals surface area contributed by atoms with Gasteiger partial charge in [-0.05, 0) is 24.5 Å². The molecule has 0 aliphatic carbocycles. The van der Waals surface area contributed by atoms with Crippen LogP contribution in [0.5, 0.6) is 0 Å². The highest BCUT2D eigenvalue weighted by Crippen LogP contribution is 2.14. The van der Waals surface area contributed by atoms with E-state index in [2.05, 4.69) is 20.3 Å². The quantitative estimate of drug-likeness (QED) is 0.282. The molecule has 0 saturated carbocycles. The molecule has 0 radical (unpaired) electrons. The van der Waals surface area contributed by atoms with Crippen LogP contribution in [0.1, 0.15) is 36.8 Å². The van der Waals surface area contributed by atoms with Gasteiger partial charge in [-0.1, -0.05) is 30.7 Å². The summed E-state index contributed by atoms with van der Waals surface area (Å²) >= 11 is 1.57. The first-order valence-corrected chi connectivity index (χ1v) is 9.05. The molecule has 0 bridgehead atoms. The minimum Gasteiger partial charge on any atom is -0.359 e. The van der Waals surface area contributed by atoms with Crippen LogP contribution in [-0.2, 0) is 11.2 Å². The highest BCUT2D eigenvalue weighted by Gasteiger charge is 2.04. The summed E-state index contributed by atoms with van der Waals surface area (Å²) in [5.74, 6) is 0.923. The fourth-order valence-electron chi connectivity index (χ4n) is 2.24. The molecule has 0 saturated heterocycles. The van der Waals surface area contributed by atoms with E-state index in [1.807, 2.05) is 12.1 Å². The van der Waals surface area contributed by atoms with E-state index in [1.165, 1.54) is 0 Å². The molecular formula is C17H22N4O2S. The Labute approximate surface area is 145 Å². The van der Waals surface area contributed by atoms with Crippen molar-refractivity contribution in [1.29, 1.82) is 0 Å². The van der Waals surface area contributed by atoms with Crippen LogP contribution in [0.2, 0.25) is 0 Å². The molecule has 0 aliphatic heterocycles. The minimum atomic E-state index is -0.0868. The first-order valence-electron chi connectivity index (χ1n) is 8.06. The molecule has 0 unspecified atom stereocenters.